The lowest BCUT2D eigenvalue weighted by Gasteiger charge is -2.34. The lowest BCUT2D eigenvalue weighted by Crippen LogP contribution is -2.46. The van der Waals surface area contributed by atoms with Crippen molar-refractivity contribution in [3.05, 3.63) is 40.4 Å². The van der Waals surface area contributed by atoms with Crippen LogP contribution in [-0.4, -0.2) is 35.1 Å². The Bertz CT molecular complexity index is 510. The minimum atomic E-state index is -0.420. The van der Waals surface area contributed by atoms with Gasteiger partial charge in [-0.2, -0.15) is 0 Å². The van der Waals surface area contributed by atoms with Gasteiger partial charge in [-0.3, -0.25) is 4.79 Å². The van der Waals surface area contributed by atoms with E-state index in [-0.39, 0.29) is 11.8 Å². The molecule has 1 amide bonds. The first kappa shape index (κ1) is 15.1. The van der Waals surface area contributed by atoms with Crippen LogP contribution in [0.5, 0.6) is 0 Å². The van der Waals surface area contributed by atoms with Crippen molar-refractivity contribution in [2.75, 3.05) is 13.1 Å². The Morgan fingerprint density at radius 3 is 2.65 bits per heavy atom. The van der Waals surface area contributed by atoms with Crippen LogP contribution < -0.4 is 0 Å². The molecular formula is C16H20ClNO2. The lowest BCUT2D eigenvalue weighted by molar-refractivity contribution is -0.131. The van der Waals surface area contributed by atoms with E-state index in [0.29, 0.717) is 23.7 Å². The average Bonchev–Trinajstić information content (AvgIpc) is 2.43. The van der Waals surface area contributed by atoms with Gasteiger partial charge in [0, 0.05) is 23.7 Å². The molecule has 1 saturated heterocycles. The van der Waals surface area contributed by atoms with Crippen LogP contribution in [0, 0.1) is 5.92 Å². The summed E-state index contributed by atoms with van der Waals surface area (Å²) >= 11 is 5.84. The van der Waals surface area contributed by atoms with Crippen molar-refractivity contribution in [2.45, 2.75) is 26.4 Å². The van der Waals surface area contributed by atoms with E-state index < -0.39 is 6.10 Å². The molecule has 2 unspecified atom stereocenters. The molecule has 0 aromatic heterocycles. The number of halogens is 1. The Morgan fingerprint density at radius 2 is 2.05 bits per heavy atom. The summed E-state index contributed by atoms with van der Waals surface area (Å²) in [5.74, 6) is 0.255. The van der Waals surface area contributed by atoms with Crippen molar-refractivity contribution in [1.29, 1.82) is 0 Å². The SMILES string of the molecule is C/C(=C\c1ccc(Cl)cc1)C(=O)N1CCC(C)C(O)C1. The molecule has 0 spiro atoms. The number of carbonyl (C=O) groups excluding carboxylic acids is 1. The van der Waals surface area contributed by atoms with Crippen LogP contribution in [-0.2, 0) is 4.79 Å². The number of hydrogen-bond acceptors (Lipinski definition) is 2. The zero-order valence-corrected chi connectivity index (χ0v) is 12.6. The molecule has 0 saturated carbocycles. The molecule has 1 fully saturated rings. The second kappa shape index (κ2) is 6.42. The number of nitrogens with zero attached hydrogens (tertiary/aromatic N) is 1. The van der Waals surface area contributed by atoms with E-state index in [0.717, 1.165) is 12.0 Å². The van der Waals surface area contributed by atoms with Gasteiger partial charge in [-0.25, -0.2) is 0 Å². The van der Waals surface area contributed by atoms with E-state index in [4.69, 9.17) is 11.6 Å². The largest absolute Gasteiger partial charge is 0.391 e. The van der Waals surface area contributed by atoms with E-state index in [1.54, 1.807) is 24.0 Å². The molecule has 1 aromatic carbocycles. The van der Waals surface area contributed by atoms with Crippen LogP contribution in [0.2, 0.25) is 5.02 Å². The van der Waals surface area contributed by atoms with Gasteiger partial charge in [-0.15, -0.1) is 0 Å². The van der Waals surface area contributed by atoms with Crippen LogP contribution in [0.4, 0.5) is 0 Å². The quantitative estimate of drug-likeness (QED) is 0.852. The number of hydrogen-bond donors (Lipinski definition) is 1. The minimum Gasteiger partial charge on any atom is -0.391 e. The van der Waals surface area contributed by atoms with E-state index in [2.05, 4.69) is 0 Å². The van der Waals surface area contributed by atoms with Crippen molar-refractivity contribution in [2.24, 2.45) is 5.92 Å². The third kappa shape index (κ3) is 3.62. The van der Waals surface area contributed by atoms with Crippen LogP contribution in [0.25, 0.3) is 6.08 Å². The molecule has 1 heterocycles. The first-order valence-corrected chi connectivity index (χ1v) is 7.26. The molecule has 1 aromatic rings. The number of aliphatic hydroxyl groups is 1. The molecular weight excluding hydrogens is 274 g/mol. The Labute approximate surface area is 124 Å². The average molecular weight is 294 g/mol. The number of β-amino-alcohol motifs (C(OH)–C–C–N with tert-alkyl or cyclic N) is 1. The summed E-state index contributed by atoms with van der Waals surface area (Å²) in [6.07, 6.45) is 2.28. The predicted molar refractivity (Wildman–Crippen MR) is 81.5 cm³/mol. The standard InChI is InChI=1S/C16H20ClNO2/c1-11-7-8-18(10-15(11)19)16(20)12(2)9-13-3-5-14(17)6-4-13/h3-6,9,11,15,19H,7-8,10H2,1-2H3/b12-9+. The number of aliphatic hydroxyl groups excluding tert-OH is 1. The molecule has 0 aliphatic carbocycles. The van der Waals surface area contributed by atoms with Crippen molar-refractivity contribution in [3.63, 3.8) is 0 Å². The third-order valence-corrected chi connectivity index (χ3v) is 4.05. The third-order valence-electron chi connectivity index (χ3n) is 3.80. The summed E-state index contributed by atoms with van der Waals surface area (Å²) in [6, 6.07) is 7.37. The summed E-state index contributed by atoms with van der Waals surface area (Å²) < 4.78 is 0. The van der Waals surface area contributed by atoms with Crippen LogP contribution in [0.1, 0.15) is 25.8 Å². The first-order chi connectivity index (χ1) is 9.47. The molecule has 1 aliphatic heterocycles. The maximum Gasteiger partial charge on any atom is 0.249 e. The van der Waals surface area contributed by atoms with Crippen LogP contribution in [0.3, 0.4) is 0 Å². The Kier molecular flexibility index (Phi) is 4.84. The fourth-order valence-electron chi connectivity index (χ4n) is 2.35. The predicted octanol–water partition coefficient (Wildman–Crippen LogP) is 2.97. The zero-order valence-electron chi connectivity index (χ0n) is 11.8. The van der Waals surface area contributed by atoms with E-state index >= 15 is 0 Å². The van der Waals surface area contributed by atoms with Crippen molar-refractivity contribution >= 4 is 23.6 Å². The zero-order chi connectivity index (χ0) is 14.7. The fraction of sp³-hybridized carbons (Fsp3) is 0.438. The Hall–Kier alpha value is -1.32. The van der Waals surface area contributed by atoms with E-state index in [9.17, 15) is 9.90 Å². The highest BCUT2D eigenvalue weighted by Crippen LogP contribution is 2.19. The molecule has 3 nitrogen and oxygen atoms in total. The summed E-state index contributed by atoms with van der Waals surface area (Å²) in [7, 11) is 0. The molecule has 0 radical (unpaired) electrons. The summed E-state index contributed by atoms with van der Waals surface area (Å²) in [5.41, 5.74) is 1.63. The molecule has 2 atom stereocenters. The normalized spacial score (nSPS) is 23.8. The highest BCUT2D eigenvalue weighted by Gasteiger charge is 2.27. The minimum absolute atomic E-state index is 0.00843. The fourth-order valence-corrected chi connectivity index (χ4v) is 2.48. The Balaban J connectivity index is 2.06. The van der Waals surface area contributed by atoms with Gasteiger partial charge in [0.1, 0.15) is 0 Å². The van der Waals surface area contributed by atoms with Gasteiger partial charge in [-0.05, 0) is 43.0 Å². The second-order valence-electron chi connectivity index (χ2n) is 5.46. The van der Waals surface area contributed by atoms with Gasteiger partial charge >= 0.3 is 0 Å². The number of piperidine rings is 1. The highest BCUT2D eigenvalue weighted by atomic mass is 35.5. The number of likely N-dealkylation sites (tertiary alicyclic amines) is 1. The molecule has 20 heavy (non-hydrogen) atoms. The lowest BCUT2D eigenvalue weighted by atomic mass is 9.95. The summed E-state index contributed by atoms with van der Waals surface area (Å²) in [4.78, 5) is 14.1. The maximum atomic E-state index is 12.3. The van der Waals surface area contributed by atoms with Gasteiger partial charge < -0.3 is 10.0 Å². The van der Waals surface area contributed by atoms with E-state index in [1.807, 2.05) is 25.1 Å². The smallest absolute Gasteiger partial charge is 0.249 e. The topological polar surface area (TPSA) is 40.5 Å². The monoisotopic (exact) mass is 293 g/mol. The van der Waals surface area contributed by atoms with Gasteiger partial charge in [0.15, 0.2) is 0 Å². The highest BCUT2D eigenvalue weighted by molar-refractivity contribution is 6.30. The summed E-state index contributed by atoms with van der Waals surface area (Å²) in [5, 5.41) is 10.6. The number of carbonyl (C=O) groups is 1. The number of amides is 1. The van der Waals surface area contributed by atoms with Crippen LogP contribution >= 0.6 is 11.6 Å². The molecule has 0 bridgehead atoms. The first-order valence-electron chi connectivity index (χ1n) is 6.88. The molecule has 1 N–H and O–H groups in total. The number of rotatable bonds is 2. The van der Waals surface area contributed by atoms with Gasteiger partial charge in [0.05, 0.1) is 6.10 Å². The molecule has 2 rings (SSSR count). The van der Waals surface area contributed by atoms with Crippen molar-refractivity contribution < 1.29 is 9.90 Å². The molecule has 4 heteroatoms. The molecule has 1 aliphatic rings. The summed E-state index contributed by atoms with van der Waals surface area (Å²) in [6.45, 7) is 4.96. The second-order valence-corrected chi connectivity index (χ2v) is 5.90. The Morgan fingerprint density at radius 1 is 1.40 bits per heavy atom. The van der Waals surface area contributed by atoms with Crippen LogP contribution in [0.15, 0.2) is 29.8 Å². The van der Waals surface area contributed by atoms with Crippen molar-refractivity contribution in [1.82, 2.24) is 4.90 Å². The van der Waals surface area contributed by atoms with Gasteiger partial charge in [0.25, 0.3) is 0 Å². The van der Waals surface area contributed by atoms with E-state index in [1.165, 1.54) is 0 Å². The van der Waals surface area contributed by atoms with Gasteiger partial charge in [0.2, 0.25) is 5.91 Å². The molecule has 108 valence electrons. The van der Waals surface area contributed by atoms with Gasteiger partial charge in [-0.1, -0.05) is 30.7 Å². The maximum absolute atomic E-state index is 12.3. The number of benzene rings is 1. The van der Waals surface area contributed by atoms with Crippen molar-refractivity contribution in [3.8, 4) is 0 Å².